The molecular formula is C47H61N3O13S. The molecule has 3 fully saturated rings. The molecule has 10 atom stereocenters. The summed E-state index contributed by atoms with van der Waals surface area (Å²) in [4.78, 5) is 50.9. The topological polar surface area (TPSA) is 225 Å². The number of anilines is 1. The number of fused-ring (bicyclic) bond motifs is 6. The number of hydrogen-bond acceptors (Lipinski definition) is 13. The Hall–Kier alpha value is -4.52. The molecule has 2 saturated carbocycles. The second-order valence-electron chi connectivity index (χ2n) is 19.0. The maximum absolute atomic E-state index is 15.3. The van der Waals surface area contributed by atoms with Crippen molar-refractivity contribution in [2.75, 3.05) is 46.4 Å². The number of esters is 3. The summed E-state index contributed by atoms with van der Waals surface area (Å²) in [5.41, 5.74) is -1.38. The van der Waals surface area contributed by atoms with Gasteiger partial charge in [0.2, 0.25) is 5.60 Å². The molecule has 3 aliphatic heterocycles. The molecule has 1 spiro atoms. The molecule has 2 aromatic carbocycles. The van der Waals surface area contributed by atoms with Crippen LogP contribution in [0, 0.1) is 17.3 Å². The summed E-state index contributed by atoms with van der Waals surface area (Å²) in [6.45, 7) is 6.69. The lowest BCUT2D eigenvalue weighted by Gasteiger charge is -2.63. The van der Waals surface area contributed by atoms with E-state index in [1.165, 1.54) is 21.1 Å². The molecule has 16 nitrogen and oxygen atoms in total. The Kier molecular flexibility index (Phi) is 11.6. The summed E-state index contributed by atoms with van der Waals surface area (Å²) in [5, 5.41) is 26.4. The van der Waals surface area contributed by atoms with Gasteiger partial charge in [-0.05, 0) is 99.4 Å². The fourth-order valence-corrected chi connectivity index (χ4v) is 14.0. The van der Waals surface area contributed by atoms with Crippen molar-refractivity contribution in [1.82, 2.24) is 9.88 Å². The number of nitrogens with one attached hydrogen (secondary N) is 1. The standard InChI is InChI=1S/C47H59N3O9.H2O4S/c1-8-43(54)24-28-15-16-31-30-13-10-11-14-34(30)48-37(31)46(41(52)57-6,26-29(21-28)25-43)33-22-32-35(23-36(33)56-5)49(4)39-45(32)18-20-50-19-12-17-44(9-2,38(45)50)40(59-27(3)51)47(39,55)42(53)58-7;1-5(2,3)4/h10-14,17,22-23,28-29,38-40,48,54-55H,8-9,15-16,18-21,24-26H2,1-7H3;(H2,1,2,3,4)/t28?,29-,38+,39-,40?,43-,44-,45-,46+,47+;/m1./s1. The number of aromatic nitrogens is 1. The predicted molar refractivity (Wildman–Crippen MR) is 236 cm³/mol. The Morgan fingerprint density at radius 2 is 1.61 bits per heavy atom. The molecule has 3 aliphatic carbocycles. The minimum absolute atomic E-state index is 0.0245. The maximum atomic E-state index is 15.3. The van der Waals surface area contributed by atoms with Gasteiger partial charge in [0.05, 0.1) is 33.0 Å². The molecule has 3 aromatic rings. The molecule has 2 bridgehead atoms. The zero-order chi connectivity index (χ0) is 46.4. The Morgan fingerprint density at radius 3 is 2.25 bits per heavy atom. The number of aromatic amines is 1. The highest BCUT2D eigenvalue weighted by Gasteiger charge is 2.80. The number of rotatable bonds is 7. The molecule has 17 heteroatoms. The van der Waals surface area contributed by atoms with Crippen molar-refractivity contribution < 1.29 is 61.1 Å². The first kappa shape index (κ1) is 46.0. The van der Waals surface area contributed by atoms with Crippen LogP contribution in [-0.2, 0) is 56.2 Å². The van der Waals surface area contributed by atoms with Gasteiger partial charge in [-0.3, -0.25) is 23.6 Å². The van der Waals surface area contributed by atoms with E-state index in [1.807, 2.05) is 44.0 Å². The number of carbonyl (C=O) groups is 3. The van der Waals surface area contributed by atoms with Gasteiger partial charge in [0.25, 0.3) is 0 Å². The highest BCUT2D eigenvalue weighted by atomic mass is 32.3. The molecule has 64 heavy (non-hydrogen) atoms. The lowest BCUT2D eigenvalue weighted by atomic mass is 9.47. The molecule has 5 N–H and O–H groups in total. The second kappa shape index (κ2) is 16.1. The number of aryl methyl sites for hydroxylation is 1. The predicted octanol–water partition coefficient (Wildman–Crippen LogP) is 4.82. The zero-order valence-electron chi connectivity index (χ0n) is 37.5. The summed E-state index contributed by atoms with van der Waals surface area (Å²) in [5.74, 6) is -1.17. The Bertz CT molecular complexity index is 2500. The van der Waals surface area contributed by atoms with Crippen LogP contribution in [0.3, 0.4) is 0 Å². The van der Waals surface area contributed by atoms with E-state index in [4.69, 9.17) is 36.5 Å². The quantitative estimate of drug-likeness (QED) is 0.0928. The lowest BCUT2D eigenvalue weighted by Crippen LogP contribution is -2.81. The Labute approximate surface area is 373 Å². The number of ether oxygens (including phenoxy) is 4. The van der Waals surface area contributed by atoms with E-state index in [-0.39, 0.29) is 17.9 Å². The highest BCUT2D eigenvalue weighted by molar-refractivity contribution is 7.79. The molecule has 2 unspecified atom stereocenters. The molecule has 0 amide bonds. The minimum Gasteiger partial charge on any atom is -0.496 e. The average molecular weight is 908 g/mol. The minimum atomic E-state index is -4.67. The molecular weight excluding hydrogens is 847 g/mol. The van der Waals surface area contributed by atoms with Crippen LogP contribution in [0.1, 0.15) is 94.5 Å². The van der Waals surface area contributed by atoms with Gasteiger partial charge >= 0.3 is 28.3 Å². The lowest BCUT2D eigenvalue weighted by molar-refractivity contribution is -0.228. The third kappa shape index (κ3) is 6.70. The first-order valence-corrected chi connectivity index (χ1v) is 23.6. The number of para-hydroxylation sites is 1. The highest BCUT2D eigenvalue weighted by Crippen LogP contribution is 2.68. The van der Waals surface area contributed by atoms with Crippen LogP contribution in [0.2, 0.25) is 0 Å². The number of aliphatic hydroxyl groups is 2. The van der Waals surface area contributed by atoms with E-state index < -0.39 is 67.9 Å². The number of nitrogens with zero attached hydrogens (tertiary/aromatic N) is 2. The van der Waals surface area contributed by atoms with Crippen LogP contribution >= 0.6 is 0 Å². The van der Waals surface area contributed by atoms with Gasteiger partial charge in [-0.15, -0.1) is 0 Å². The smallest absolute Gasteiger partial charge is 0.394 e. The van der Waals surface area contributed by atoms with Crippen LogP contribution in [0.4, 0.5) is 5.69 Å². The second-order valence-corrected chi connectivity index (χ2v) is 19.9. The number of hydrogen-bond donors (Lipinski definition) is 5. The van der Waals surface area contributed by atoms with Crippen LogP contribution in [0.15, 0.2) is 48.6 Å². The van der Waals surface area contributed by atoms with E-state index in [0.717, 1.165) is 52.7 Å². The zero-order valence-corrected chi connectivity index (χ0v) is 38.4. The summed E-state index contributed by atoms with van der Waals surface area (Å²) >= 11 is 0. The summed E-state index contributed by atoms with van der Waals surface area (Å²) < 4.78 is 55.6. The average Bonchev–Trinajstić information content (AvgIpc) is 3.92. The summed E-state index contributed by atoms with van der Waals surface area (Å²) in [6.07, 6.45) is 8.64. The Balaban J connectivity index is 0.00000106. The third-order valence-electron chi connectivity index (χ3n) is 16.0. The van der Waals surface area contributed by atoms with Gasteiger partial charge in [-0.25, -0.2) is 4.79 Å². The maximum Gasteiger partial charge on any atom is 0.394 e. The van der Waals surface area contributed by atoms with Gasteiger partial charge in [0, 0.05) is 71.3 Å². The van der Waals surface area contributed by atoms with E-state index >= 15 is 4.79 Å². The van der Waals surface area contributed by atoms with Crippen molar-refractivity contribution >= 4 is 44.9 Å². The largest absolute Gasteiger partial charge is 0.496 e. The van der Waals surface area contributed by atoms with Crippen molar-refractivity contribution in [1.29, 1.82) is 0 Å². The summed E-state index contributed by atoms with van der Waals surface area (Å²) in [7, 11) is 1.51. The van der Waals surface area contributed by atoms with Crippen LogP contribution < -0.4 is 9.64 Å². The van der Waals surface area contributed by atoms with Crippen molar-refractivity contribution in [3.8, 4) is 5.75 Å². The third-order valence-corrected chi connectivity index (χ3v) is 16.0. The van der Waals surface area contributed by atoms with Crippen LogP contribution in [-0.4, -0.2) is 126 Å². The Morgan fingerprint density at radius 1 is 0.922 bits per heavy atom. The van der Waals surface area contributed by atoms with Crippen LogP contribution in [0.25, 0.3) is 10.9 Å². The molecule has 9 rings (SSSR count). The van der Waals surface area contributed by atoms with Gasteiger partial charge in [0.1, 0.15) is 11.2 Å². The first-order chi connectivity index (χ1) is 30.2. The van der Waals surface area contributed by atoms with Crippen molar-refractivity contribution in [2.45, 2.75) is 119 Å². The van der Waals surface area contributed by atoms with E-state index in [1.54, 1.807) is 7.11 Å². The molecule has 1 aromatic heterocycles. The summed E-state index contributed by atoms with van der Waals surface area (Å²) in [6, 6.07) is 11.0. The molecule has 348 valence electrons. The number of H-pyrrole nitrogens is 1. The molecule has 6 aliphatic rings. The molecule has 1 saturated heterocycles. The van der Waals surface area contributed by atoms with E-state index in [9.17, 15) is 19.8 Å². The first-order valence-electron chi connectivity index (χ1n) is 22.2. The normalized spacial score (nSPS) is 35.0. The number of carbonyl (C=O) groups excluding carboxylic acids is 3. The number of likely N-dealkylation sites (N-methyl/N-ethyl adjacent to an activating group) is 1. The SMILES string of the molecule is CC[C@@]1(O)CC2CCc3c([nH]c4ccccc34)[C@@](C(=O)OC)(c3cc4c(cc3OC)N(C)[C@@H]3[C@]45CCN4CC=C[C@@](CC)(C(OC(C)=O)[C@]3(O)C(=O)OC)[C@H]45)C[C@H](C2)C1.O=S(=O)(O)O. The van der Waals surface area contributed by atoms with Gasteiger partial charge in [-0.2, -0.15) is 8.42 Å². The van der Waals surface area contributed by atoms with Crippen molar-refractivity contribution in [2.24, 2.45) is 17.3 Å². The van der Waals surface area contributed by atoms with E-state index in [2.05, 4.69) is 40.2 Å². The van der Waals surface area contributed by atoms with Crippen LogP contribution in [0.5, 0.6) is 5.75 Å². The van der Waals surface area contributed by atoms with E-state index in [0.29, 0.717) is 62.9 Å². The van der Waals surface area contributed by atoms with Crippen molar-refractivity contribution in [3.05, 3.63) is 70.9 Å². The fourth-order valence-electron chi connectivity index (χ4n) is 14.0. The van der Waals surface area contributed by atoms with Gasteiger partial charge in [-0.1, -0.05) is 44.2 Å². The van der Waals surface area contributed by atoms with Gasteiger partial charge in [0.15, 0.2) is 6.10 Å². The van der Waals surface area contributed by atoms with Gasteiger partial charge < -0.3 is 39.0 Å². The number of methoxy groups -OCH3 is 3. The number of benzene rings is 2. The monoisotopic (exact) mass is 907 g/mol. The molecule has 0 radical (unpaired) electrons. The van der Waals surface area contributed by atoms with Crippen molar-refractivity contribution in [3.63, 3.8) is 0 Å². The fraction of sp³-hybridized carbons (Fsp3) is 0.596. The molecule has 4 heterocycles.